The maximum absolute atomic E-state index is 13.1. The molecule has 0 unspecified atom stereocenters. The van der Waals surface area contributed by atoms with Crippen molar-refractivity contribution in [3.8, 4) is 16.3 Å². The maximum atomic E-state index is 13.1. The van der Waals surface area contributed by atoms with Crippen molar-refractivity contribution >= 4 is 37.3 Å². The molecule has 174 valence electrons. The number of carbonyl (C=O) groups is 1. The van der Waals surface area contributed by atoms with Crippen LogP contribution in [0.5, 0.6) is 5.75 Å². The summed E-state index contributed by atoms with van der Waals surface area (Å²) in [6, 6.07) is 24.8. The lowest BCUT2D eigenvalue weighted by atomic mass is 10.1. The van der Waals surface area contributed by atoms with Gasteiger partial charge in [0, 0.05) is 18.2 Å². The zero-order chi connectivity index (χ0) is 23.5. The van der Waals surface area contributed by atoms with Gasteiger partial charge in [-0.25, -0.2) is 13.4 Å². The number of sulfone groups is 1. The Morgan fingerprint density at radius 3 is 2.44 bits per heavy atom. The van der Waals surface area contributed by atoms with E-state index in [0.29, 0.717) is 18.7 Å². The van der Waals surface area contributed by atoms with Crippen LogP contribution in [0.2, 0.25) is 0 Å². The van der Waals surface area contributed by atoms with Crippen molar-refractivity contribution in [2.24, 2.45) is 0 Å². The van der Waals surface area contributed by atoms with Crippen molar-refractivity contribution in [2.75, 3.05) is 18.1 Å². The molecule has 0 radical (unpaired) electrons. The monoisotopic (exact) mass is 492 g/mol. The number of carbonyl (C=O) groups excluding carboxylic acids is 1. The smallest absolute Gasteiger partial charge is 0.261 e. The normalized spacial score (nSPS) is 17.0. The van der Waals surface area contributed by atoms with E-state index in [1.165, 1.54) is 0 Å². The standard InChI is InChI=1S/C26H24N2O4S2/c29-25(28(16-19-6-2-1-3-7-19)21-14-15-34(30,31)18-21)17-32-22-12-10-20(11-13-22)26-27-23-8-4-5-9-24(23)33-26/h1-13,21H,14-18H2/t21-/m0/s1. The van der Waals surface area contributed by atoms with Gasteiger partial charge in [-0.2, -0.15) is 0 Å². The molecule has 34 heavy (non-hydrogen) atoms. The van der Waals surface area contributed by atoms with Crippen molar-refractivity contribution in [3.05, 3.63) is 84.4 Å². The summed E-state index contributed by atoms with van der Waals surface area (Å²) < 4.78 is 31.0. The van der Waals surface area contributed by atoms with Crippen molar-refractivity contribution < 1.29 is 17.9 Å². The number of nitrogens with zero attached hydrogens (tertiary/aromatic N) is 2. The van der Waals surface area contributed by atoms with Gasteiger partial charge in [0.15, 0.2) is 16.4 Å². The molecule has 3 aromatic carbocycles. The number of hydrogen-bond donors (Lipinski definition) is 0. The fourth-order valence-electron chi connectivity index (χ4n) is 4.14. The SMILES string of the molecule is O=C(COc1ccc(-c2nc3ccccc3s2)cc1)N(Cc1ccccc1)[C@H]1CCS(=O)(=O)C1. The van der Waals surface area contributed by atoms with Crippen LogP contribution in [0.4, 0.5) is 0 Å². The predicted molar refractivity (Wildman–Crippen MR) is 135 cm³/mol. The second-order valence-corrected chi connectivity index (χ2v) is 11.6. The minimum Gasteiger partial charge on any atom is -0.484 e. The van der Waals surface area contributed by atoms with Crippen LogP contribution in [-0.2, 0) is 21.2 Å². The third kappa shape index (κ3) is 5.13. The lowest BCUT2D eigenvalue weighted by Crippen LogP contribution is -2.43. The van der Waals surface area contributed by atoms with E-state index in [9.17, 15) is 13.2 Å². The molecule has 0 N–H and O–H groups in total. The topological polar surface area (TPSA) is 76.6 Å². The molecule has 0 saturated carbocycles. The molecular weight excluding hydrogens is 468 g/mol. The van der Waals surface area contributed by atoms with Crippen LogP contribution in [0.1, 0.15) is 12.0 Å². The van der Waals surface area contributed by atoms with Gasteiger partial charge in [0.05, 0.1) is 21.7 Å². The van der Waals surface area contributed by atoms with Gasteiger partial charge in [0.2, 0.25) is 0 Å². The molecule has 4 aromatic rings. The van der Waals surface area contributed by atoms with E-state index < -0.39 is 9.84 Å². The zero-order valence-corrected chi connectivity index (χ0v) is 20.1. The van der Waals surface area contributed by atoms with Gasteiger partial charge >= 0.3 is 0 Å². The number of fused-ring (bicyclic) bond motifs is 1. The van der Waals surface area contributed by atoms with Crippen molar-refractivity contribution in [1.82, 2.24) is 9.88 Å². The second-order valence-electron chi connectivity index (χ2n) is 8.36. The molecule has 1 aromatic heterocycles. The largest absolute Gasteiger partial charge is 0.484 e. The Balaban J connectivity index is 1.27. The Morgan fingerprint density at radius 1 is 1.00 bits per heavy atom. The molecule has 0 bridgehead atoms. The summed E-state index contributed by atoms with van der Waals surface area (Å²) in [6.45, 7) is 0.212. The van der Waals surface area contributed by atoms with Gasteiger partial charge in [-0.3, -0.25) is 4.79 Å². The lowest BCUT2D eigenvalue weighted by molar-refractivity contribution is -0.136. The summed E-state index contributed by atoms with van der Waals surface area (Å²) in [5, 5.41) is 0.931. The summed E-state index contributed by atoms with van der Waals surface area (Å²) >= 11 is 1.63. The Kier molecular flexibility index (Phi) is 6.34. The molecule has 1 saturated heterocycles. The number of thiazole rings is 1. The van der Waals surface area contributed by atoms with E-state index in [0.717, 1.165) is 26.4 Å². The van der Waals surface area contributed by atoms with Crippen LogP contribution in [-0.4, -0.2) is 48.4 Å². The molecule has 1 aliphatic heterocycles. The maximum Gasteiger partial charge on any atom is 0.261 e. The van der Waals surface area contributed by atoms with Crippen molar-refractivity contribution in [1.29, 1.82) is 0 Å². The Bertz CT molecular complexity index is 1370. The third-order valence-corrected chi connectivity index (χ3v) is 8.76. The first kappa shape index (κ1) is 22.6. The van der Waals surface area contributed by atoms with Crippen LogP contribution in [0.25, 0.3) is 20.8 Å². The van der Waals surface area contributed by atoms with Gasteiger partial charge in [-0.1, -0.05) is 42.5 Å². The van der Waals surface area contributed by atoms with Crippen LogP contribution in [0.3, 0.4) is 0 Å². The fraction of sp³-hybridized carbons (Fsp3) is 0.231. The molecule has 2 heterocycles. The molecule has 8 heteroatoms. The van der Waals surface area contributed by atoms with Crippen molar-refractivity contribution in [2.45, 2.75) is 19.0 Å². The first-order valence-corrected chi connectivity index (χ1v) is 13.7. The number of aromatic nitrogens is 1. The summed E-state index contributed by atoms with van der Waals surface area (Å²) in [4.78, 5) is 19.4. The lowest BCUT2D eigenvalue weighted by Gasteiger charge is -2.28. The van der Waals surface area contributed by atoms with Crippen molar-refractivity contribution in [3.63, 3.8) is 0 Å². The van der Waals surface area contributed by atoms with Gasteiger partial charge < -0.3 is 9.64 Å². The minimum atomic E-state index is -3.11. The molecule has 1 aliphatic rings. The Morgan fingerprint density at radius 2 is 1.74 bits per heavy atom. The molecular formula is C26H24N2O4S2. The minimum absolute atomic E-state index is 0.00242. The Labute approximate surface area is 202 Å². The average molecular weight is 493 g/mol. The van der Waals surface area contributed by atoms with Gasteiger partial charge in [-0.05, 0) is 48.4 Å². The summed E-state index contributed by atoms with van der Waals surface area (Å²) in [6.07, 6.45) is 0.456. The molecule has 1 atom stereocenters. The molecule has 1 amide bonds. The van der Waals surface area contributed by atoms with Crippen LogP contribution >= 0.6 is 11.3 Å². The average Bonchev–Trinajstić information content (AvgIpc) is 3.45. The number of para-hydroxylation sites is 1. The molecule has 1 fully saturated rings. The highest BCUT2D eigenvalue weighted by Crippen LogP contribution is 2.31. The number of ether oxygens (including phenoxy) is 1. The van der Waals surface area contributed by atoms with Crippen LogP contribution in [0, 0.1) is 0 Å². The summed E-state index contributed by atoms with van der Waals surface area (Å²) in [5.74, 6) is 0.477. The van der Waals surface area contributed by atoms with Crippen LogP contribution in [0.15, 0.2) is 78.9 Å². The molecule has 5 rings (SSSR count). The third-order valence-electron chi connectivity index (χ3n) is 5.92. The van der Waals surface area contributed by atoms with E-state index in [-0.39, 0.29) is 30.1 Å². The quantitative estimate of drug-likeness (QED) is 0.378. The summed E-state index contributed by atoms with van der Waals surface area (Å²) in [7, 11) is -3.11. The fourth-order valence-corrected chi connectivity index (χ4v) is 6.84. The predicted octanol–water partition coefficient (Wildman–Crippen LogP) is 4.56. The highest BCUT2D eigenvalue weighted by atomic mass is 32.2. The van der Waals surface area contributed by atoms with E-state index in [1.54, 1.807) is 16.2 Å². The van der Waals surface area contributed by atoms with Gasteiger partial charge in [0.25, 0.3) is 5.91 Å². The van der Waals surface area contributed by atoms with E-state index in [1.807, 2.05) is 72.8 Å². The first-order chi connectivity index (χ1) is 16.5. The van der Waals surface area contributed by atoms with Gasteiger partial charge in [-0.15, -0.1) is 11.3 Å². The van der Waals surface area contributed by atoms with E-state index in [2.05, 4.69) is 11.1 Å². The first-order valence-electron chi connectivity index (χ1n) is 11.1. The van der Waals surface area contributed by atoms with Crippen LogP contribution < -0.4 is 4.74 Å². The highest BCUT2D eigenvalue weighted by molar-refractivity contribution is 7.91. The number of amides is 1. The highest BCUT2D eigenvalue weighted by Gasteiger charge is 2.34. The van der Waals surface area contributed by atoms with E-state index >= 15 is 0 Å². The molecule has 6 nitrogen and oxygen atoms in total. The number of hydrogen-bond acceptors (Lipinski definition) is 6. The van der Waals surface area contributed by atoms with E-state index in [4.69, 9.17) is 4.74 Å². The Hall–Kier alpha value is -3.23. The molecule has 0 aliphatic carbocycles. The second kappa shape index (κ2) is 9.56. The number of benzene rings is 3. The molecule has 0 spiro atoms. The zero-order valence-electron chi connectivity index (χ0n) is 18.5. The number of rotatable bonds is 7. The summed E-state index contributed by atoms with van der Waals surface area (Å²) in [5.41, 5.74) is 2.92. The van der Waals surface area contributed by atoms with Gasteiger partial charge in [0.1, 0.15) is 10.8 Å².